The summed E-state index contributed by atoms with van der Waals surface area (Å²) in [5.74, 6) is -8.72. The summed E-state index contributed by atoms with van der Waals surface area (Å²) < 4.78 is 0. The van der Waals surface area contributed by atoms with E-state index in [0.29, 0.717) is 0 Å². The summed E-state index contributed by atoms with van der Waals surface area (Å²) >= 11 is 0. The van der Waals surface area contributed by atoms with Crippen molar-refractivity contribution in [2.45, 2.75) is 57.1 Å². The number of aliphatic carboxylic acids is 1. The number of carbonyl (C=O) groups is 4. The first-order chi connectivity index (χ1) is 16.5. The number of aliphatic hydroxyl groups excluding tert-OH is 2. The molecule has 36 heavy (non-hydrogen) atoms. The van der Waals surface area contributed by atoms with E-state index in [0.717, 1.165) is 0 Å². The number of allylic oxidation sites excluding steroid dienone is 2. The van der Waals surface area contributed by atoms with E-state index < -0.39 is 75.2 Å². The van der Waals surface area contributed by atoms with E-state index in [2.05, 4.69) is 0 Å². The summed E-state index contributed by atoms with van der Waals surface area (Å²) in [4.78, 5) is 50.3. The molecule has 0 heterocycles. The fourth-order valence-electron chi connectivity index (χ4n) is 5.70. The van der Waals surface area contributed by atoms with Gasteiger partial charge >= 0.3 is 5.97 Å². The molecule has 0 bridgehead atoms. The van der Waals surface area contributed by atoms with Crippen molar-refractivity contribution in [2.24, 2.45) is 23.3 Å². The second kappa shape index (κ2) is 7.90. The highest BCUT2D eigenvalue weighted by atomic mass is 16.4. The van der Waals surface area contributed by atoms with E-state index in [1.807, 2.05) is 0 Å². The standard InChI is InChI=1S/C25H28N2O9/c1-24(2,3)12-7-11(17(26)23(34)35)10-5-8-4-9-6-13(28)16(22(27)33)21(32)25(9,36)20(31)14(8)19(30)15(10)18(12)29/h7-9,17,28-29,31,36H,4-6,26H2,1-3H3,(H2,27,33)(H,34,35)/t8?,9-,17?,25-/m0/s1. The molecule has 0 fully saturated rings. The molecule has 11 nitrogen and oxygen atoms in total. The molecule has 4 rings (SSSR count). The van der Waals surface area contributed by atoms with Crippen LogP contribution in [0.2, 0.25) is 0 Å². The van der Waals surface area contributed by atoms with Crippen LogP contribution in [-0.2, 0) is 26.2 Å². The van der Waals surface area contributed by atoms with Crippen molar-refractivity contribution in [1.82, 2.24) is 0 Å². The van der Waals surface area contributed by atoms with Gasteiger partial charge in [-0.2, -0.15) is 0 Å². The van der Waals surface area contributed by atoms with Gasteiger partial charge in [-0.1, -0.05) is 20.8 Å². The van der Waals surface area contributed by atoms with Crippen LogP contribution in [0.5, 0.6) is 5.75 Å². The predicted molar refractivity (Wildman–Crippen MR) is 124 cm³/mol. The maximum Gasteiger partial charge on any atom is 0.325 e. The average molecular weight is 501 g/mol. The molecule has 0 aliphatic heterocycles. The van der Waals surface area contributed by atoms with Crippen LogP contribution in [0.4, 0.5) is 0 Å². The summed E-state index contributed by atoms with van der Waals surface area (Å²) in [5, 5.41) is 53.4. The van der Waals surface area contributed by atoms with Crippen molar-refractivity contribution in [2.75, 3.05) is 0 Å². The Kier molecular flexibility index (Phi) is 5.57. The Hall–Kier alpha value is -3.70. The summed E-state index contributed by atoms with van der Waals surface area (Å²) in [5.41, 5.74) is 6.90. The highest BCUT2D eigenvalue weighted by Crippen LogP contribution is 2.53. The molecule has 1 amide bonds. The van der Waals surface area contributed by atoms with Gasteiger partial charge in [0.05, 0.1) is 5.56 Å². The lowest BCUT2D eigenvalue weighted by atomic mass is 9.59. The van der Waals surface area contributed by atoms with Crippen LogP contribution >= 0.6 is 0 Å². The van der Waals surface area contributed by atoms with Crippen LogP contribution in [0.25, 0.3) is 0 Å². The molecule has 192 valence electrons. The number of Topliss-reactive ketones (excluding diaryl/α,β-unsaturated/α-hetero) is 2. The number of nitrogens with two attached hydrogens (primary N) is 2. The van der Waals surface area contributed by atoms with Gasteiger partial charge < -0.3 is 37.0 Å². The van der Waals surface area contributed by atoms with Crippen molar-refractivity contribution in [1.29, 1.82) is 0 Å². The minimum Gasteiger partial charge on any atom is -0.511 e. The zero-order chi connectivity index (χ0) is 27.1. The zero-order valence-corrected chi connectivity index (χ0v) is 20.0. The Morgan fingerprint density at radius 2 is 1.75 bits per heavy atom. The Balaban J connectivity index is 1.99. The Bertz CT molecular complexity index is 1320. The van der Waals surface area contributed by atoms with E-state index in [1.54, 1.807) is 20.8 Å². The van der Waals surface area contributed by atoms with Gasteiger partial charge in [-0.15, -0.1) is 0 Å². The molecule has 9 N–H and O–H groups in total. The monoisotopic (exact) mass is 500 g/mol. The number of aliphatic hydroxyl groups is 3. The number of amides is 1. The second-order valence-corrected chi connectivity index (χ2v) is 10.7. The van der Waals surface area contributed by atoms with E-state index in [9.17, 15) is 44.7 Å². The third-order valence-electron chi connectivity index (χ3n) is 7.51. The van der Waals surface area contributed by atoms with Gasteiger partial charge in [0, 0.05) is 23.5 Å². The molecule has 3 aliphatic rings. The van der Waals surface area contributed by atoms with E-state index in [-0.39, 0.29) is 47.1 Å². The number of primary amides is 1. The number of rotatable bonds is 3. The number of aromatic hydroxyl groups is 1. The highest BCUT2D eigenvalue weighted by molar-refractivity contribution is 6.24. The molecule has 2 unspecified atom stereocenters. The van der Waals surface area contributed by atoms with Crippen molar-refractivity contribution in [3.63, 3.8) is 0 Å². The molecule has 0 spiro atoms. The van der Waals surface area contributed by atoms with Crippen LogP contribution in [-0.4, -0.2) is 54.6 Å². The zero-order valence-electron chi connectivity index (χ0n) is 20.0. The molecule has 3 aliphatic carbocycles. The Labute approximate surface area is 205 Å². The van der Waals surface area contributed by atoms with Gasteiger partial charge in [-0.05, 0) is 41.4 Å². The maximum absolute atomic E-state index is 13.8. The van der Waals surface area contributed by atoms with Crippen molar-refractivity contribution < 1.29 is 44.7 Å². The van der Waals surface area contributed by atoms with Crippen molar-refractivity contribution >= 4 is 23.4 Å². The first-order valence-corrected chi connectivity index (χ1v) is 11.4. The van der Waals surface area contributed by atoms with Crippen LogP contribution in [0.15, 0.2) is 28.7 Å². The number of hydrogen-bond acceptors (Lipinski definition) is 9. The normalized spacial score (nSPS) is 26.8. The lowest BCUT2D eigenvalue weighted by Gasteiger charge is -2.46. The number of fused-ring (bicyclic) bond motifs is 3. The molecule has 0 saturated heterocycles. The van der Waals surface area contributed by atoms with Crippen molar-refractivity contribution in [3.8, 4) is 5.75 Å². The summed E-state index contributed by atoms with van der Waals surface area (Å²) in [7, 11) is 0. The van der Waals surface area contributed by atoms with Gasteiger partial charge in [0.2, 0.25) is 5.78 Å². The van der Waals surface area contributed by atoms with Gasteiger partial charge in [-0.3, -0.25) is 19.2 Å². The quantitative estimate of drug-likeness (QED) is 0.291. The molecule has 4 atom stereocenters. The first kappa shape index (κ1) is 25.4. The van der Waals surface area contributed by atoms with Crippen LogP contribution < -0.4 is 11.5 Å². The third kappa shape index (κ3) is 3.34. The molecular weight excluding hydrogens is 472 g/mol. The largest absolute Gasteiger partial charge is 0.511 e. The number of phenols is 1. The highest BCUT2D eigenvalue weighted by Gasteiger charge is 2.59. The number of carboxylic acid groups (broad SMARTS) is 1. The Morgan fingerprint density at radius 1 is 1.14 bits per heavy atom. The minimum atomic E-state index is -2.67. The number of benzene rings is 1. The number of phenolic OH excluding ortho intramolecular Hbond substituents is 1. The second-order valence-electron chi connectivity index (χ2n) is 10.7. The lowest BCUT2D eigenvalue weighted by Crippen LogP contribution is -2.57. The Morgan fingerprint density at radius 3 is 2.28 bits per heavy atom. The van der Waals surface area contributed by atoms with E-state index >= 15 is 0 Å². The molecule has 1 aromatic carbocycles. The molecular formula is C25H28N2O9. The summed E-state index contributed by atoms with van der Waals surface area (Å²) in [6.45, 7) is 5.24. The van der Waals surface area contributed by atoms with Gasteiger partial charge in [0.25, 0.3) is 5.91 Å². The molecule has 0 aromatic heterocycles. The van der Waals surface area contributed by atoms with E-state index in [1.165, 1.54) is 6.07 Å². The minimum absolute atomic E-state index is 0.0251. The van der Waals surface area contributed by atoms with E-state index in [4.69, 9.17) is 11.5 Å². The third-order valence-corrected chi connectivity index (χ3v) is 7.51. The maximum atomic E-state index is 13.8. The number of hydrogen-bond donors (Lipinski definition) is 7. The number of carboxylic acids is 1. The van der Waals surface area contributed by atoms with Gasteiger partial charge in [0.1, 0.15) is 28.9 Å². The smallest absolute Gasteiger partial charge is 0.325 e. The SMILES string of the molecule is CC(C)(C)c1cc(C(N)C(=O)O)c2c(c1O)C(=O)C1=C(O)[C@]3(O)C(=O)C(C(N)=O)=C(O)C[C@@H]3CC1C2. The topological polar surface area (TPSA) is 221 Å². The molecule has 0 saturated carbocycles. The number of carbonyl (C=O) groups excluding carboxylic acids is 3. The molecule has 11 heteroatoms. The first-order valence-electron chi connectivity index (χ1n) is 11.4. The van der Waals surface area contributed by atoms with Crippen LogP contribution in [0, 0.1) is 11.8 Å². The summed E-state index contributed by atoms with van der Waals surface area (Å²) in [6.07, 6.45) is -0.444. The van der Waals surface area contributed by atoms with Gasteiger partial charge in [0.15, 0.2) is 11.4 Å². The van der Waals surface area contributed by atoms with Crippen LogP contribution in [0.3, 0.4) is 0 Å². The summed E-state index contributed by atoms with van der Waals surface area (Å²) in [6, 6.07) is -0.0412. The average Bonchev–Trinajstić information content (AvgIpc) is 2.74. The van der Waals surface area contributed by atoms with Crippen molar-refractivity contribution in [3.05, 3.63) is 51.0 Å². The molecule has 1 aromatic rings. The van der Waals surface area contributed by atoms with Crippen LogP contribution in [0.1, 0.15) is 66.7 Å². The predicted octanol–water partition coefficient (Wildman–Crippen LogP) is 0.962. The lowest BCUT2D eigenvalue weighted by molar-refractivity contribution is -0.144. The number of ketones is 2. The fourth-order valence-corrected chi connectivity index (χ4v) is 5.70. The molecule has 0 radical (unpaired) electrons. The van der Waals surface area contributed by atoms with Gasteiger partial charge in [-0.25, -0.2) is 0 Å². The fraction of sp³-hybridized carbons (Fsp3) is 0.440.